The summed E-state index contributed by atoms with van der Waals surface area (Å²) in [4.78, 5) is 51.5. The molecular weight excluding hydrogens is 487 g/mol. The SMILES string of the molecule is O=C1NCC[C@H]1C[C@@H](NC(=O)[C@@H]1[C@H]2CCC[C@H]2CN1C(=O)C(F)(F)c1cccc(Cl)c1)C(=O)CF. The van der Waals surface area contributed by atoms with Crippen LogP contribution in [0, 0.1) is 17.8 Å². The van der Waals surface area contributed by atoms with Crippen molar-refractivity contribution in [1.29, 1.82) is 0 Å². The lowest BCUT2D eigenvalue weighted by molar-refractivity contribution is -0.162. The maximum atomic E-state index is 15.2. The molecule has 0 unspecified atom stereocenters. The molecule has 1 saturated carbocycles. The summed E-state index contributed by atoms with van der Waals surface area (Å²) in [5, 5.41) is 5.16. The lowest BCUT2D eigenvalue weighted by atomic mass is 9.92. The van der Waals surface area contributed by atoms with E-state index in [4.69, 9.17) is 11.6 Å². The lowest BCUT2D eigenvalue weighted by Gasteiger charge is -2.31. The number of nitrogens with one attached hydrogen (secondary N) is 2. The molecule has 190 valence electrons. The molecule has 2 N–H and O–H groups in total. The number of likely N-dealkylation sites (tertiary alicyclic amines) is 1. The number of carbonyl (C=O) groups is 4. The van der Waals surface area contributed by atoms with Gasteiger partial charge >= 0.3 is 5.92 Å². The Morgan fingerprint density at radius 1 is 1.23 bits per heavy atom. The fourth-order valence-electron chi connectivity index (χ4n) is 5.61. The van der Waals surface area contributed by atoms with Crippen LogP contribution in [0.15, 0.2) is 24.3 Å². The minimum absolute atomic E-state index is 0.00943. The first-order valence-corrected chi connectivity index (χ1v) is 12.1. The van der Waals surface area contributed by atoms with Crippen LogP contribution in [0.1, 0.15) is 37.7 Å². The van der Waals surface area contributed by atoms with Gasteiger partial charge in [-0.2, -0.15) is 8.78 Å². The number of hydrogen-bond donors (Lipinski definition) is 2. The fraction of sp³-hybridized carbons (Fsp3) is 0.583. The smallest absolute Gasteiger partial charge is 0.350 e. The Bertz CT molecular complexity index is 1020. The number of carbonyl (C=O) groups excluding carboxylic acids is 4. The highest BCUT2D eigenvalue weighted by Crippen LogP contribution is 2.44. The van der Waals surface area contributed by atoms with Crippen LogP contribution in [-0.4, -0.2) is 60.3 Å². The Balaban J connectivity index is 1.57. The summed E-state index contributed by atoms with van der Waals surface area (Å²) < 4.78 is 43.7. The van der Waals surface area contributed by atoms with Crippen molar-refractivity contribution in [2.45, 2.75) is 50.1 Å². The van der Waals surface area contributed by atoms with Crippen molar-refractivity contribution in [2.24, 2.45) is 17.8 Å². The average molecular weight is 514 g/mol. The molecule has 1 aromatic carbocycles. The number of benzene rings is 1. The number of amides is 3. The number of alkyl halides is 3. The molecule has 1 aromatic rings. The number of hydrogen-bond acceptors (Lipinski definition) is 4. The molecule has 2 heterocycles. The molecule has 3 amide bonds. The second kappa shape index (κ2) is 10.2. The summed E-state index contributed by atoms with van der Waals surface area (Å²) in [6.45, 7) is -0.933. The first kappa shape index (κ1) is 25.5. The molecule has 11 heteroatoms. The van der Waals surface area contributed by atoms with Crippen molar-refractivity contribution in [3.8, 4) is 0 Å². The normalized spacial score (nSPS) is 26.9. The van der Waals surface area contributed by atoms with E-state index in [1.807, 2.05) is 0 Å². The molecule has 7 nitrogen and oxygen atoms in total. The molecule has 0 aromatic heterocycles. The van der Waals surface area contributed by atoms with Gasteiger partial charge in [-0.05, 0) is 49.7 Å². The van der Waals surface area contributed by atoms with E-state index in [0.29, 0.717) is 25.8 Å². The molecule has 5 atom stereocenters. The molecule has 0 bridgehead atoms. The minimum atomic E-state index is -3.92. The van der Waals surface area contributed by atoms with E-state index < -0.39 is 53.8 Å². The highest BCUT2D eigenvalue weighted by Gasteiger charge is 2.55. The zero-order valence-corrected chi connectivity index (χ0v) is 19.7. The second-order valence-corrected chi connectivity index (χ2v) is 9.95. The predicted octanol–water partition coefficient (Wildman–Crippen LogP) is 2.61. The Morgan fingerprint density at radius 2 is 2.00 bits per heavy atom. The summed E-state index contributed by atoms with van der Waals surface area (Å²) in [7, 11) is 0. The van der Waals surface area contributed by atoms with E-state index in [9.17, 15) is 23.6 Å². The summed E-state index contributed by atoms with van der Waals surface area (Å²) in [6.07, 6.45) is 2.40. The van der Waals surface area contributed by atoms with Crippen molar-refractivity contribution in [1.82, 2.24) is 15.5 Å². The van der Waals surface area contributed by atoms with Crippen molar-refractivity contribution in [2.75, 3.05) is 19.8 Å². The van der Waals surface area contributed by atoms with Gasteiger partial charge in [-0.3, -0.25) is 19.2 Å². The van der Waals surface area contributed by atoms with Gasteiger partial charge in [0.15, 0.2) is 5.78 Å². The van der Waals surface area contributed by atoms with Crippen LogP contribution < -0.4 is 10.6 Å². The highest BCUT2D eigenvalue weighted by atomic mass is 35.5. The van der Waals surface area contributed by atoms with Gasteiger partial charge in [-0.25, -0.2) is 4.39 Å². The van der Waals surface area contributed by atoms with Gasteiger partial charge in [0.05, 0.1) is 6.04 Å². The minimum Gasteiger partial charge on any atom is -0.356 e. The molecule has 35 heavy (non-hydrogen) atoms. The number of rotatable bonds is 8. The van der Waals surface area contributed by atoms with Gasteiger partial charge in [-0.15, -0.1) is 0 Å². The molecule has 2 saturated heterocycles. The van der Waals surface area contributed by atoms with Gasteiger partial charge in [0.25, 0.3) is 5.91 Å². The second-order valence-electron chi connectivity index (χ2n) is 9.52. The maximum absolute atomic E-state index is 15.2. The maximum Gasteiger partial charge on any atom is 0.350 e. The zero-order valence-electron chi connectivity index (χ0n) is 18.9. The molecule has 0 radical (unpaired) electrons. The van der Waals surface area contributed by atoms with Crippen LogP contribution in [0.3, 0.4) is 0 Å². The molecular formula is C24H27ClF3N3O4. The van der Waals surface area contributed by atoms with Crippen LogP contribution in [0.5, 0.6) is 0 Å². The summed E-state index contributed by atoms with van der Waals surface area (Å²) in [5.74, 6) is -8.43. The number of nitrogens with zero attached hydrogens (tertiary/aromatic N) is 1. The van der Waals surface area contributed by atoms with Crippen LogP contribution >= 0.6 is 11.6 Å². The third-order valence-electron chi connectivity index (χ3n) is 7.40. The van der Waals surface area contributed by atoms with E-state index in [1.54, 1.807) is 0 Å². The van der Waals surface area contributed by atoms with E-state index in [0.717, 1.165) is 23.5 Å². The quantitative estimate of drug-likeness (QED) is 0.558. The number of ketones is 1. The third-order valence-corrected chi connectivity index (χ3v) is 7.63. The Labute approximate surface area is 205 Å². The van der Waals surface area contributed by atoms with E-state index in [2.05, 4.69) is 10.6 Å². The van der Waals surface area contributed by atoms with Gasteiger partial charge in [0.1, 0.15) is 12.7 Å². The predicted molar refractivity (Wildman–Crippen MR) is 120 cm³/mol. The van der Waals surface area contributed by atoms with Crippen molar-refractivity contribution >= 4 is 35.1 Å². The molecule has 2 aliphatic heterocycles. The monoisotopic (exact) mass is 513 g/mol. The van der Waals surface area contributed by atoms with Crippen molar-refractivity contribution in [3.05, 3.63) is 34.9 Å². The van der Waals surface area contributed by atoms with Crippen molar-refractivity contribution < 1.29 is 32.3 Å². The standard InChI is InChI=1S/C24H27ClF3N3O4/c25-16-5-2-4-15(10-16)24(27,28)23(35)31-12-14-3-1-6-17(14)20(31)22(34)30-18(19(32)11-26)9-13-7-8-29-21(13)33/h2,4-5,10,13-14,17-18,20H,1,3,6-9,11-12H2,(H,29,33)(H,30,34)/t13-,14-,17-,18+,20-/m0/s1. The average Bonchev–Trinajstić information content (AvgIpc) is 3.53. The van der Waals surface area contributed by atoms with Crippen LogP contribution in [0.25, 0.3) is 0 Å². The summed E-state index contributed by atoms with van der Waals surface area (Å²) in [5.41, 5.74) is -0.580. The topological polar surface area (TPSA) is 95.6 Å². The summed E-state index contributed by atoms with van der Waals surface area (Å²) >= 11 is 5.84. The van der Waals surface area contributed by atoms with Gasteiger partial charge in [0.2, 0.25) is 11.8 Å². The fourth-order valence-corrected chi connectivity index (χ4v) is 5.80. The van der Waals surface area contributed by atoms with Crippen LogP contribution in [-0.2, 0) is 25.1 Å². The Morgan fingerprint density at radius 3 is 2.66 bits per heavy atom. The van der Waals surface area contributed by atoms with Gasteiger partial charge < -0.3 is 15.5 Å². The van der Waals surface area contributed by atoms with Gasteiger partial charge in [-0.1, -0.05) is 30.2 Å². The number of halogens is 4. The largest absolute Gasteiger partial charge is 0.356 e. The third kappa shape index (κ3) is 5.03. The van der Waals surface area contributed by atoms with Crippen LogP contribution in [0.2, 0.25) is 5.02 Å². The first-order valence-electron chi connectivity index (χ1n) is 11.7. The number of Topliss-reactive ketones (excluding diaryl/α,β-unsaturated/α-hetero) is 1. The summed E-state index contributed by atoms with van der Waals surface area (Å²) in [6, 6.07) is 2.33. The molecule has 1 aliphatic carbocycles. The molecule has 3 aliphatic rings. The zero-order chi connectivity index (χ0) is 25.3. The first-order chi connectivity index (χ1) is 16.6. The van der Waals surface area contributed by atoms with E-state index >= 15 is 8.78 Å². The molecule has 4 rings (SSSR count). The molecule has 3 fully saturated rings. The Hall–Kier alpha value is -2.62. The Kier molecular flexibility index (Phi) is 7.40. The van der Waals surface area contributed by atoms with E-state index in [1.165, 1.54) is 12.1 Å². The highest BCUT2D eigenvalue weighted by molar-refractivity contribution is 6.30. The van der Waals surface area contributed by atoms with Crippen LogP contribution in [0.4, 0.5) is 13.2 Å². The van der Waals surface area contributed by atoms with E-state index in [-0.39, 0.29) is 35.7 Å². The lowest BCUT2D eigenvalue weighted by Crippen LogP contribution is -2.55. The molecule has 0 spiro atoms. The van der Waals surface area contributed by atoms with Gasteiger partial charge in [0, 0.05) is 29.6 Å². The van der Waals surface area contributed by atoms with Crippen molar-refractivity contribution in [3.63, 3.8) is 0 Å². The number of fused-ring (bicyclic) bond motifs is 1.